The van der Waals surface area contributed by atoms with Crippen LogP contribution in [0.15, 0.2) is 47.6 Å². The number of anilines is 1. The molecule has 0 bridgehead atoms. The van der Waals surface area contributed by atoms with E-state index in [9.17, 15) is 9.18 Å². The molecule has 0 saturated carbocycles. The lowest BCUT2D eigenvalue weighted by Crippen LogP contribution is -2.36. The molecule has 0 fully saturated rings. The predicted molar refractivity (Wildman–Crippen MR) is 127 cm³/mol. The summed E-state index contributed by atoms with van der Waals surface area (Å²) >= 11 is 0. The van der Waals surface area contributed by atoms with Gasteiger partial charge in [0.2, 0.25) is 5.96 Å². The summed E-state index contributed by atoms with van der Waals surface area (Å²) in [6.45, 7) is 10.9. The highest BCUT2D eigenvalue weighted by Gasteiger charge is 2.13. The van der Waals surface area contributed by atoms with E-state index < -0.39 is 11.7 Å². The van der Waals surface area contributed by atoms with Gasteiger partial charge < -0.3 is 5.32 Å². The van der Waals surface area contributed by atoms with E-state index in [1.807, 2.05) is 49.8 Å². The van der Waals surface area contributed by atoms with Crippen LogP contribution in [-0.2, 0) is 13.1 Å². The molecular weight excluding hydrogens is 405 g/mol. The van der Waals surface area contributed by atoms with Crippen LogP contribution >= 0.6 is 0 Å². The lowest BCUT2D eigenvalue weighted by molar-refractivity contribution is 0.0976. The Kier molecular flexibility index (Phi) is 7.41. The minimum Gasteiger partial charge on any atom is -0.326 e. The molecule has 0 aliphatic carbocycles. The zero-order chi connectivity index (χ0) is 23.3. The standard InChI is InChI=1S/C25H30FN5O/c1-6-11-31-15-21(19(5)30-31)14-27-25(28-23-12-16(2)7-8-18(23)4)29-24(32)20-10-9-17(3)22(26)13-20/h7-10,12-13,15H,6,11,14H2,1-5H3,(H2,27,28,29,32). The number of hydrogen-bond acceptors (Lipinski definition) is 3. The largest absolute Gasteiger partial charge is 0.326 e. The maximum absolute atomic E-state index is 14.0. The van der Waals surface area contributed by atoms with Crippen LogP contribution < -0.4 is 10.6 Å². The minimum atomic E-state index is -0.432. The van der Waals surface area contributed by atoms with Crippen LogP contribution in [0.3, 0.4) is 0 Å². The molecule has 32 heavy (non-hydrogen) atoms. The normalized spacial score (nSPS) is 11.5. The van der Waals surface area contributed by atoms with Gasteiger partial charge in [-0.1, -0.05) is 25.1 Å². The molecule has 0 aliphatic heterocycles. The van der Waals surface area contributed by atoms with Crippen molar-refractivity contribution in [2.24, 2.45) is 4.99 Å². The van der Waals surface area contributed by atoms with Crippen LogP contribution in [0.25, 0.3) is 0 Å². The molecule has 0 atom stereocenters. The number of hydrogen-bond donors (Lipinski definition) is 2. The molecule has 2 aromatic carbocycles. The summed E-state index contributed by atoms with van der Waals surface area (Å²) in [6.07, 6.45) is 2.97. The Balaban J connectivity index is 1.87. The molecule has 6 nitrogen and oxygen atoms in total. The van der Waals surface area contributed by atoms with Gasteiger partial charge in [0.05, 0.1) is 12.2 Å². The second kappa shape index (κ2) is 10.2. The second-order valence-corrected chi connectivity index (χ2v) is 8.03. The molecule has 1 amide bonds. The topological polar surface area (TPSA) is 71.3 Å². The Morgan fingerprint density at radius 1 is 1.09 bits per heavy atom. The fourth-order valence-electron chi connectivity index (χ4n) is 3.24. The molecule has 3 aromatic rings. The summed E-state index contributed by atoms with van der Waals surface area (Å²) in [5.74, 6) is -0.552. The Bertz CT molecular complexity index is 1150. The number of amides is 1. The molecule has 2 N–H and O–H groups in total. The Hall–Kier alpha value is -3.48. The van der Waals surface area contributed by atoms with Crippen LogP contribution in [0.4, 0.5) is 10.1 Å². The number of carbonyl (C=O) groups excluding carboxylic acids is 1. The summed E-state index contributed by atoms with van der Waals surface area (Å²) in [4.78, 5) is 17.4. The van der Waals surface area contributed by atoms with Crippen LogP contribution in [0, 0.1) is 33.5 Å². The van der Waals surface area contributed by atoms with Crippen molar-refractivity contribution in [2.45, 2.75) is 54.1 Å². The third kappa shape index (κ3) is 5.81. The number of carbonyl (C=O) groups is 1. The fraction of sp³-hybridized carbons (Fsp3) is 0.320. The number of aryl methyl sites for hydroxylation is 5. The molecule has 0 unspecified atom stereocenters. The summed E-state index contributed by atoms with van der Waals surface area (Å²) in [6, 6.07) is 10.4. The lowest BCUT2D eigenvalue weighted by Gasteiger charge is -2.14. The third-order valence-corrected chi connectivity index (χ3v) is 5.22. The summed E-state index contributed by atoms with van der Waals surface area (Å²) in [5.41, 5.74) is 5.55. The van der Waals surface area contributed by atoms with E-state index >= 15 is 0 Å². The maximum Gasteiger partial charge on any atom is 0.258 e. The van der Waals surface area contributed by atoms with Crippen molar-refractivity contribution in [2.75, 3.05) is 5.32 Å². The number of nitrogens with one attached hydrogen (secondary N) is 2. The van der Waals surface area contributed by atoms with Crippen molar-refractivity contribution in [3.05, 3.63) is 81.9 Å². The van der Waals surface area contributed by atoms with Gasteiger partial charge in [-0.3, -0.25) is 14.8 Å². The molecule has 0 spiro atoms. The second-order valence-electron chi connectivity index (χ2n) is 8.03. The van der Waals surface area contributed by atoms with E-state index in [0.717, 1.165) is 41.0 Å². The van der Waals surface area contributed by atoms with E-state index in [1.54, 1.807) is 19.1 Å². The van der Waals surface area contributed by atoms with Crippen LogP contribution in [-0.4, -0.2) is 21.6 Å². The van der Waals surface area contributed by atoms with Crippen LogP contribution in [0.1, 0.15) is 51.7 Å². The number of guanidine groups is 1. The average Bonchev–Trinajstić information content (AvgIpc) is 3.10. The summed E-state index contributed by atoms with van der Waals surface area (Å²) < 4.78 is 15.9. The monoisotopic (exact) mass is 435 g/mol. The summed E-state index contributed by atoms with van der Waals surface area (Å²) in [7, 11) is 0. The van der Waals surface area contributed by atoms with E-state index in [0.29, 0.717) is 18.1 Å². The van der Waals surface area contributed by atoms with Gasteiger partial charge in [-0.05, 0) is 69.0 Å². The molecule has 3 rings (SSSR count). The van der Waals surface area contributed by atoms with Crippen molar-refractivity contribution in [3.8, 4) is 0 Å². The zero-order valence-corrected chi connectivity index (χ0v) is 19.3. The van der Waals surface area contributed by atoms with Gasteiger partial charge in [-0.25, -0.2) is 9.38 Å². The Morgan fingerprint density at radius 3 is 2.56 bits per heavy atom. The van der Waals surface area contributed by atoms with Crippen molar-refractivity contribution >= 4 is 17.6 Å². The number of aromatic nitrogens is 2. The molecule has 7 heteroatoms. The van der Waals surface area contributed by atoms with E-state index in [4.69, 9.17) is 0 Å². The van der Waals surface area contributed by atoms with Gasteiger partial charge in [-0.2, -0.15) is 5.10 Å². The number of benzene rings is 2. The third-order valence-electron chi connectivity index (χ3n) is 5.22. The Labute approximate surface area is 188 Å². The van der Waals surface area contributed by atoms with Gasteiger partial charge in [0.15, 0.2) is 0 Å². The van der Waals surface area contributed by atoms with Crippen LogP contribution in [0.2, 0.25) is 0 Å². The van der Waals surface area contributed by atoms with Crippen molar-refractivity contribution in [1.29, 1.82) is 0 Å². The highest BCUT2D eigenvalue weighted by Crippen LogP contribution is 2.17. The zero-order valence-electron chi connectivity index (χ0n) is 19.3. The first kappa shape index (κ1) is 23.2. The molecule has 0 aliphatic rings. The molecule has 1 aromatic heterocycles. The average molecular weight is 436 g/mol. The molecule has 0 radical (unpaired) electrons. The van der Waals surface area contributed by atoms with Gasteiger partial charge in [0.1, 0.15) is 5.82 Å². The van der Waals surface area contributed by atoms with Gasteiger partial charge in [0, 0.05) is 29.6 Å². The SMILES string of the molecule is CCCn1cc(CN=C(NC(=O)c2ccc(C)c(F)c2)Nc2cc(C)ccc2C)c(C)n1. The number of rotatable bonds is 6. The van der Waals surface area contributed by atoms with Crippen molar-refractivity contribution in [1.82, 2.24) is 15.1 Å². The van der Waals surface area contributed by atoms with Crippen LogP contribution in [0.5, 0.6) is 0 Å². The highest BCUT2D eigenvalue weighted by atomic mass is 19.1. The quantitative estimate of drug-likeness (QED) is 0.420. The molecule has 1 heterocycles. The van der Waals surface area contributed by atoms with Gasteiger partial charge >= 0.3 is 0 Å². The molecule has 168 valence electrons. The summed E-state index contributed by atoms with van der Waals surface area (Å²) in [5, 5.41) is 10.5. The fourth-order valence-corrected chi connectivity index (χ4v) is 3.24. The first-order valence-electron chi connectivity index (χ1n) is 10.8. The number of halogens is 1. The van der Waals surface area contributed by atoms with E-state index in [2.05, 4.69) is 27.6 Å². The first-order valence-corrected chi connectivity index (χ1v) is 10.8. The number of nitrogens with zero attached hydrogens (tertiary/aromatic N) is 3. The highest BCUT2D eigenvalue weighted by molar-refractivity contribution is 6.10. The van der Waals surface area contributed by atoms with Gasteiger partial charge in [-0.15, -0.1) is 0 Å². The molecule has 0 saturated heterocycles. The van der Waals surface area contributed by atoms with Gasteiger partial charge in [0.25, 0.3) is 5.91 Å². The lowest BCUT2D eigenvalue weighted by atomic mass is 10.1. The van der Waals surface area contributed by atoms with E-state index in [1.165, 1.54) is 6.07 Å². The van der Waals surface area contributed by atoms with Crippen molar-refractivity contribution < 1.29 is 9.18 Å². The predicted octanol–water partition coefficient (Wildman–Crippen LogP) is 5.06. The van der Waals surface area contributed by atoms with E-state index in [-0.39, 0.29) is 5.56 Å². The first-order chi connectivity index (χ1) is 15.3. The number of aliphatic imine (C=N–C) groups is 1. The molecular formula is C25H30FN5O. The Morgan fingerprint density at radius 2 is 1.84 bits per heavy atom. The smallest absolute Gasteiger partial charge is 0.258 e. The van der Waals surface area contributed by atoms with Crippen molar-refractivity contribution in [3.63, 3.8) is 0 Å². The maximum atomic E-state index is 14.0. The minimum absolute atomic E-state index is 0.232.